The third-order valence-corrected chi connectivity index (χ3v) is 7.22. The SMILES string of the molecule is COc1ccc(S(=O)(=O)N2CCCC(C(=O)Nc3ccc(CC(N)=O)cc3)C2)cc1C. The summed E-state index contributed by atoms with van der Waals surface area (Å²) < 4.78 is 32.8. The molecule has 9 heteroatoms. The average molecular weight is 446 g/mol. The number of hydrogen-bond donors (Lipinski definition) is 2. The molecule has 0 aromatic heterocycles. The normalized spacial score (nSPS) is 17.2. The van der Waals surface area contributed by atoms with Crippen molar-refractivity contribution in [3.05, 3.63) is 53.6 Å². The van der Waals surface area contributed by atoms with Crippen molar-refractivity contribution in [2.45, 2.75) is 31.1 Å². The summed E-state index contributed by atoms with van der Waals surface area (Å²) in [5.41, 5.74) is 7.26. The first-order valence-corrected chi connectivity index (χ1v) is 11.5. The van der Waals surface area contributed by atoms with E-state index >= 15 is 0 Å². The molecule has 0 radical (unpaired) electrons. The number of nitrogens with two attached hydrogens (primary N) is 1. The minimum atomic E-state index is -3.71. The van der Waals surface area contributed by atoms with Crippen LogP contribution in [0.15, 0.2) is 47.4 Å². The maximum atomic E-state index is 13.1. The lowest BCUT2D eigenvalue weighted by molar-refractivity contribution is -0.121. The zero-order valence-electron chi connectivity index (χ0n) is 17.6. The fourth-order valence-corrected chi connectivity index (χ4v) is 5.30. The lowest BCUT2D eigenvalue weighted by Crippen LogP contribution is -2.43. The number of primary amides is 1. The smallest absolute Gasteiger partial charge is 0.243 e. The number of carbonyl (C=O) groups is 2. The van der Waals surface area contributed by atoms with Gasteiger partial charge in [-0.2, -0.15) is 4.31 Å². The predicted molar refractivity (Wildman–Crippen MR) is 117 cm³/mol. The van der Waals surface area contributed by atoms with Gasteiger partial charge in [-0.1, -0.05) is 12.1 Å². The number of hydrogen-bond acceptors (Lipinski definition) is 5. The minimum Gasteiger partial charge on any atom is -0.496 e. The summed E-state index contributed by atoms with van der Waals surface area (Å²) in [5.74, 6) is -0.481. The van der Waals surface area contributed by atoms with Crippen LogP contribution < -0.4 is 15.8 Å². The van der Waals surface area contributed by atoms with Gasteiger partial charge in [-0.05, 0) is 61.2 Å². The van der Waals surface area contributed by atoms with Crippen molar-refractivity contribution in [2.24, 2.45) is 11.7 Å². The van der Waals surface area contributed by atoms with Crippen LogP contribution in [0, 0.1) is 12.8 Å². The van der Waals surface area contributed by atoms with Gasteiger partial charge in [-0.3, -0.25) is 9.59 Å². The molecule has 2 aromatic rings. The molecule has 3 rings (SSSR count). The van der Waals surface area contributed by atoms with Gasteiger partial charge in [-0.15, -0.1) is 0 Å². The van der Waals surface area contributed by atoms with Crippen molar-refractivity contribution in [1.82, 2.24) is 4.31 Å². The largest absolute Gasteiger partial charge is 0.496 e. The van der Waals surface area contributed by atoms with E-state index in [-0.39, 0.29) is 23.8 Å². The summed E-state index contributed by atoms with van der Waals surface area (Å²) in [6.45, 7) is 2.29. The Morgan fingerprint density at radius 1 is 1.19 bits per heavy atom. The highest BCUT2D eigenvalue weighted by atomic mass is 32.2. The van der Waals surface area contributed by atoms with Gasteiger partial charge in [-0.25, -0.2) is 8.42 Å². The number of nitrogens with zero attached hydrogens (tertiary/aromatic N) is 1. The predicted octanol–water partition coefficient (Wildman–Crippen LogP) is 2.07. The van der Waals surface area contributed by atoms with Crippen molar-refractivity contribution in [1.29, 1.82) is 0 Å². The molecule has 3 N–H and O–H groups in total. The third-order valence-electron chi connectivity index (χ3n) is 5.36. The standard InChI is InChI=1S/C22H27N3O5S/c1-15-12-19(9-10-20(15)30-2)31(28,29)25-11-3-4-17(14-25)22(27)24-18-7-5-16(6-8-18)13-21(23)26/h5-10,12,17H,3-4,11,13-14H2,1-2H3,(H2,23,26)(H,24,27). The number of rotatable bonds is 7. The van der Waals surface area contributed by atoms with E-state index in [0.717, 1.165) is 11.1 Å². The number of carbonyl (C=O) groups excluding carboxylic acids is 2. The summed E-state index contributed by atoms with van der Waals surface area (Å²) in [4.78, 5) is 23.9. The van der Waals surface area contributed by atoms with Crippen LogP contribution in [0.1, 0.15) is 24.0 Å². The summed E-state index contributed by atoms with van der Waals surface area (Å²) in [7, 11) is -2.17. The van der Waals surface area contributed by atoms with E-state index in [1.165, 1.54) is 17.5 Å². The Kier molecular flexibility index (Phi) is 6.97. The molecule has 1 saturated heterocycles. The van der Waals surface area contributed by atoms with Crippen LogP contribution in [0.2, 0.25) is 0 Å². The van der Waals surface area contributed by atoms with E-state index < -0.39 is 21.8 Å². The molecule has 31 heavy (non-hydrogen) atoms. The molecule has 0 saturated carbocycles. The first-order chi connectivity index (χ1) is 14.7. The number of benzene rings is 2. The van der Waals surface area contributed by atoms with E-state index in [4.69, 9.17) is 10.5 Å². The number of piperidine rings is 1. The average Bonchev–Trinajstić information content (AvgIpc) is 2.74. The van der Waals surface area contributed by atoms with Crippen molar-refractivity contribution >= 4 is 27.5 Å². The number of anilines is 1. The quantitative estimate of drug-likeness (QED) is 0.676. The summed E-state index contributed by atoms with van der Waals surface area (Å²) in [6.07, 6.45) is 1.35. The van der Waals surface area contributed by atoms with Gasteiger partial charge in [0.15, 0.2) is 0 Å². The fourth-order valence-electron chi connectivity index (χ4n) is 3.69. The molecule has 1 unspecified atom stereocenters. The van der Waals surface area contributed by atoms with Crippen LogP contribution in [0.4, 0.5) is 5.69 Å². The van der Waals surface area contributed by atoms with Crippen LogP contribution in [0.25, 0.3) is 0 Å². The number of ether oxygens (including phenoxy) is 1. The van der Waals surface area contributed by atoms with E-state index in [1.54, 1.807) is 43.3 Å². The molecule has 1 aliphatic heterocycles. The van der Waals surface area contributed by atoms with E-state index in [2.05, 4.69) is 5.32 Å². The Balaban J connectivity index is 1.68. The maximum absolute atomic E-state index is 13.1. The van der Waals surface area contributed by atoms with E-state index in [9.17, 15) is 18.0 Å². The zero-order valence-corrected chi connectivity index (χ0v) is 18.4. The van der Waals surface area contributed by atoms with Crippen molar-refractivity contribution in [3.63, 3.8) is 0 Å². The molecular weight excluding hydrogens is 418 g/mol. The van der Waals surface area contributed by atoms with Crippen LogP contribution >= 0.6 is 0 Å². The Hall–Kier alpha value is -2.91. The summed E-state index contributed by atoms with van der Waals surface area (Å²) >= 11 is 0. The Morgan fingerprint density at radius 2 is 1.90 bits per heavy atom. The third kappa shape index (κ3) is 5.42. The first-order valence-electron chi connectivity index (χ1n) is 10.0. The number of methoxy groups -OCH3 is 1. The number of amides is 2. The topological polar surface area (TPSA) is 119 Å². The molecule has 1 fully saturated rings. The van der Waals surface area contributed by atoms with Gasteiger partial charge < -0.3 is 15.8 Å². The maximum Gasteiger partial charge on any atom is 0.243 e. The Labute approximate surface area is 182 Å². The molecule has 8 nitrogen and oxygen atoms in total. The monoisotopic (exact) mass is 445 g/mol. The van der Waals surface area contributed by atoms with Crippen molar-refractivity contribution in [2.75, 3.05) is 25.5 Å². The number of aryl methyl sites for hydroxylation is 1. The van der Waals surface area contributed by atoms with Crippen molar-refractivity contribution in [3.8, 4) is 5.75 Å². The molecule has 0 aliphatic carbocycles. The van der Waals surface area contributed by atoms with Crippen molar-refractivity contribution < 1.29 is 22.7 Å². The van der Waals surface area contributed by atoms with Gasteiger partial charge in [0.2, 0.25) is 21.8 Å². The van der Waals surface area contributed by atoms with Gasteiger partial charge in [0.1, 0.15) is 5.75 Å². The molecule has 2 aromatic carbocycles. The second-order valence-corrected chi connectivity index (χ2v) is 9.60. The highest BCUT2D eigenvalue weighted by molar-refractivity contribution is 7.89. The molecular formula is C22H27N3O5S. The lowest BCUT2D eigenvalue weighted by Gasteiger charge is -2.31. The van der Waals surface area contributed by atoms with Crippen LogP contribution in [0.3, 0.4) is 0 Å². The van der Waals surface area contributed by atoms with Crippen LogP contribution in [0.5, 0.6) is 5.75 Å². The summed E-state index contributed by atoms with van der Waals surface area (Å²) in [6, 6.07) is 11.6. The molecule has 0 bridgehead atoms. The number of sulfonamides is 1. The van der Waals surface area contributed by atoms with Gasteiger partial charge in [0.25, 0.3) is 0 Å². The van der Waals surface area contributed by atoms with Gasteiger partial charge in [0.05, 0.1) is 24.3 Å². The second kappa shape index (κ2) is 9.49. The minimum absolute atomic E-state index is 0.124. The van der Waals surface area contributed by atoms with Gasteiger partial charge >= 0.3 is 0 Å². The molecule has 1 heterocycles. The fraction of sp³-hybridized carbons (Fsp3) is 0.364. The van der Waals surface area contributed by atoms with Crippen LogP contribution in [-0.4, -0.2) is 44.7 Å². The Bertz CT molecular complexity index is 1070. The van der Waals surface area contributed by atoms with E-state index in [0.29, 0.717) is 30.8 Å². The first kappa shape index (κ1) is 22.8. The van der Waals surface area contributed by atoms with Gasteiger partial charge in [0, 0.05) is 18.8 Å². The molecule has 2 amide bonds. The van der Waals surface area contributed by atoms with Crippen LogP contribution in [-0.2, 0) is 26.0 Å². The molecule has 166 valence electrons. The molecule has 1 aliphatic rings. The summed E-state index contributed by atoms with van der Waals surface area (Å²) in [5, 5.41) is 2.83. The molecule has 1 atom stereocenters. The number of nitrogens with one attached hydrogen (secondary N) is 1. The zero-order chi connectivity index (χ0) is 22.6. The lowest BCUT2D eigenvalue weighted by atomic mass is 9.98. The Morgan fingerprint density at radius 3 is 2.52 bits per heavy atom. The highest BCUT2D eigenvalue weighted by Crippen LogP contribution is 2.27. The highest BCUT2D eigenvalue weighted by Gasteiger charge is 2.33. The second-order valence-electron chi connectivity index (χ2n) is 7.66. The molecule has 0 spiro atoms. The van der Waals surface area contributed by atoms with E-state index in [1.807, 2.05) is 0 Å².